The third kappa shape index (κ3) is 1.66. The molecule has 2 heterocycles. The molecule has 1 saturated heterocycles. The lowest BCUT2D eigenvalue weighted by atomic mass is 9.93. The lowest BCUT2D eigenvalue weighted by molar-refractivity contribution is 0.243. The molecule has 1 aromatic heterocycles. The van der Waals surface area contributed by atoms with E-state index in [0.29, 0.717) is 11.5 Å². The molecule has 4 rings (SSSR count). The molecular weight excluding hydrogens is 248 g/mol. The van der Waals surface area contributed by atoms with Gasteiger partial charge in [-0.05, 0) is 55.3 Å². The van der Waals surface area contributed by atoms with Crippen molar-refractivity contribution in [2.45, 2.75) is 31.7 Å². The first-order valence-corrected chi connectivity index (χ1v) is 7.46. The van der Waals surface area contributed by atoms with Gasteiger partial charge in [-0.3, -0.25) is 9.69 Å². The van der Waals surface area contributed by atoms with E-state index in [1.54, 1.807) is 6.07 Å². The zero-order chi connectivity index (χ0) is 13.9. The molecule has 3 nitrogen and oxygen atoms in total. The van der Waals surface area contributed by atoms with Crippen molar-refractivity contribution in [1.29, 1.82) is 0 Å². The van der Waals surface area contributed by atoms with Crippen LogP contribution in [0.5, 0.6) is 0 Å². The van der Waals surface area contributed by atoms with Gasteiger partial charge >= 0.3 is 0 Å². The number of likely N-dealkylation sites (tertiary alicyclic amines) is 1. The highest BCUT2D eigenvalue weighted by atomic mass is 16.1. The molecule has 0 spiro atoms. The molecule has 0 amide bonds. The number of hydrogen-bond acceptors (Lipinski definition) is 2. The lowest BCUT2D eigenvalue weighted by Gasteiger charge is -2.24. The van der Waals surface area contributed by atoms with Gasteiger partial charge in [-0.15, -0.1) is 0 Å². The maximum Gasteiger partial charge on any atom is 0.248 e. The highest BCUT2D eigenvalue weighted by Gasteiger charge is 2.60. The molecule has 2 fully saturated rings. The number of rotatable bonds is 2. The predicted molar refractivity (Wildman–Crippen MR) is 81.1 cm³/mol. The summed E-state index contributed by atoms with van der Waals surface area (Å²) in [6, 6.07) is 10.7. The quantitative estimate of drug-likeness (QED) is 0.908. The molecule has 2 aliphatic rings. The van der Waals surface area contributed by atoms with Crippen LogP contribution in [0, 0.1) is 5.92 Å². The molecule has 20 heavy (non-hydrogen) atoms. The summed E-state index contributed by atoms with van der Waals surface area (Å²) in [7, 11) is 0. The number of nitrogens with one attached hydrogen (secondary N) is 1. The summed E-state index contributed by atoms with van der Waals surface area (Å²) in [5.41, 5.74) is 2.74. The number of piperidine rings is 1. The number of fused-ring (bicyclic) bond motifs is 2. The Morgan fingerprint density at radius 3 is 2.90 bits per heavy atom. The van der Waals surface area contributed by atoms with E-state index in [2.05, 4.69) is 41.9 Å². The largest absolute Gasteiger partial charge is 0.322 e. The van der Waals surface area contributed by atoms with E-state index in [-0.39, 0.29) is 5.56 Å². The Hall–Kier alpha value is -1.61. The maximum atomic E-state index is 11.4. The monoisotopic (exact) mass is 268 g/mol. The molecule has 1 saturated carbocycles. The highest BCUT2D eigenvalue weighted by Crippen LogP contribution is 2.59. The summed E-state index contributed by atoms with van der Waals surface area (Å²) in [6.45, 7) is 6.98. The van der Waals surface area contributed by atoms with E-state index in [9.17, 15) is 4.79 Å². The van der Waals surface area contributed by atoms with Crippen LogP contribution in [0.1, 0.15) is 25.8 Å². The molecule has 0 bridgehead atoms. The fraction of sp³-hybridized carbons (Fsp3) is 0.471. The Labute approximate surface area is 118 Å². The van der Waals surface area contributed by atoms with Crippen LogP contribution in [0.25, 0.3) is 10.9 Å². The van der Waals surface area contributed by atoms with E-state index in [1.165, 1.54) is 25.1 Å². The summed E-state index contributed by atoms with van der Waals surface area (Å²) in [6.07, 6.45) is 1.32. The first-order chi connectivity index (χ1) is 9.58. The molecule has 1 N–H and O–H groups in total. The van der Waals surface area contributed by atoms with Gasteiger partial charge in [0.05, 0.1) is 0 Å². The Kier molecular flexibility index (Phi) is 2.40. The van der Waals surface area contributed by atoms with Gasteiger partial charge in [-0.25, -0.2) is 0 Å². The summed E-state index contributed by atoms with van der Waals surface area (Å²) in [5, 5.41) is 1.14. The van der Waals surface area contributed by atoms with Crippen molar-refractivity contribution in [3.8, 4) is 0 Å². The molecule has 3 heteroatoms. The Morgan fingerprint density at radius 1 is 1.30 bits per heavy atom. The van der Waals surface area contributed by atoms with Crippen LogP contribution < -0.4 is 5.56 Å². The average molecular weight is 268 g/mol. The van der Waals surface area contributed by atoms with Crippen molar-refractivity contribution in [3.05, 3.63) is 46.2 Å². The maximum absolute atomic E-state index is 11.4. The second-order valence-corrected chi connectivity index (χ2v) is 6.70. The van der Waals surface area contributed by atoms with Crippen LogP contribution in [0.2, 0.25) is 0 Å². The second-order valence-electron chi connectivity index (χ2n) is 6.70. The number of nitrogens with zero attached hydrogens (tertiary/aromatic N) is 1. The number of pyridine rings is 1. The highest BCUT2D eigenvalue weighted by molar-refractivity contribution is 5.79. The van der Waals surface area contributed by atoms with E-state index in [1.807, 2.05) is 6.07 Å². The zero-order valence-electron chi connectivity index (χ0n) is 12.0. The van der Waals surface area contributed by atoms with Crippen molar-refractivity contribution < 1.29 is 0 Å². The van der Waals surface area contributed by atoms with Gasteiger partial charge in [-0.1, -0.05) is 6.07 Å². The van der Waals surface area contributed by atoms with Crippen LogP contribution in [0.3, 0.4) is 0 Å². The lowest BCUT2D eigenvalue weighted by Crippen LogP contribution is -2.32. The molecule has 2 aromatic rings. The third-order valence-corrected chi connectivity index (χ3v) is 5.20. The van der Waals surface area contributed by atoms with Gasteiger partial charge in [0.15, 0.2) is 0 Å². The summed E-state index contributed by atoms with van der Waals surface area (Å²) in [4.78, 5) is 16.8. The Bertz CT molecular complexity index is 733. The number of H-pyrrole nitrogens is 1. The summed E-state index contributed by atoms with van der Waals surface area (Å²) >= 11 is 0. The number of aromatic amines is 1. The van der Waals surface area contributed by atoms with Gasteiger partial charge in [0.2, 0.25) is 5.56 Å². The molecule has 0 radical (unpaired) electrons. The van der Waals surface area contributed by atoms with Crippen LogP contribution in [-0.2, 0) is 5.41 Å². The first-order valence-electron chi connectivity index (χ1n) is 7.46. The fourth-order valence-electron chi connectivity index (χ4n) is 3.83. The van der Waals surface area contributed by atoms with Gasteiger partial charge in [0.1, 0.15) is 0 Å². The van der Waals surface area contributed by atoms with Crippen molar-refractivity contribution in [2.24, 2.45) is 5.92 Å². The van der Waals surface area contributed by atoms with E-state index in [0.717, 1.165) is 16.8 Å². The van der Waals surface area contributed by atoms with Gasteiger partial charge < -0.3 is 4.98 Å². The molecule has 104 valence electrons. The number of benzene rings is 1. The normalized spacial score (nSPS) is 29.1. The number of aromatic nitrogens is 1. The molecule has 1 aliphatic heterocycles. The van der Waals surface area contributed by atoms with E-state index in [4.69, 9.17) is 0 Å². The van der Waals surface area contributed by atoms with E-state index < -0.39 is 0 Å². The van der Waals surface area contributed by atoms with Crippen LogP contribution in [0.15, 0.2) is 35.1 Å². The first kappa shape index (κ1) is 12.2. The molecule has 2 atom stereocenters. The SMILES string of the molecule is CC(C)N1CC2CC2(c2ccc3[nH]c(=O)ccc3c2)C1. The fourth-order valence-corrected chi connectivity index (χ4v) is 3.83. The van der Waals surface area contributed by atoms with Crippen molar-refractivity contribution in [2.75, 3.05) is 13.1 Å². The second kappa shape index (κ2) is 3.95. The molecule has 1 aromatic carbocycles. The summed E-state index contributed by atoms with van der Waals surface area (Å²) in [5.74, 6) is 0.824. The predicted octanol–water partition coefficient (Wildman–Crippen LogP) is 2.51. The van der Waals surface area contributed by atoms with Crippen molar-refractivity contribution in [1.82, 2.24) is 9.88 Å². The average Bonchev–Trinajstić information content (AvgIpc) is 3.00. The minimum atomic E-state index is -0.0282. The Balaban J connectivity index is 1.73. The molecule has 1 aliphatic carbocycles. The third-order valence-electron chi connectivity index (χ3n) is 5.20. The van der Waals surface area contributed by atoms with Gasteiger partial charge in [0, 0.05) is 36.1 Å². The van der Waals surface area contributed by atoms with Crippen LogP contribution >= 0.6 is 0 Å². The van der Waals surface area contributed by atoms with Crippen molar-refractivity contribution >= 4 is 10.9 Å². The number of hydrogen-bond donors (Lipinski definition) is 1. The standard InChI is InChI=1S/C17H20N2O/c1-11(2)19-9-14-8-17(14,10-19)13-4-5-15-12(7-13)3-6-16(20)18-15/h3-7,11,14H,8-10H2,1-2H3,(H,18,20). The topological polar surface area (TPSA) is 36.1 Å². The minimum Gasteiger partial charge on any atom is -0.322 e. The van der Waals surface area contributed by atoms with Crippen molar-refractivity contribution in [3.63, 3.8) is 0 Å². The van der Waals surface area contributed by atoms with Gasteiger partial charge in [-0.2, -0.15) is 0 Å². The van der Waals surface area contributed by atoms with Crippen LogP contribution in [0.4, 0.5) is 0 Å². The minimum absolute atomic E-state index is 0.0282. The summed E-state index contributed by atoms with van der Waals surface area (Å²) < 4.78 is 0. The smallest absolute Gasteiger partial charge is 0.248 e. The van der Waals surface area contributed by atoms with E-state index >= 15 is 0 Å². The van der Waals surface area contributed by atoms with Crippen LogP contribution in [-0.4, -0.2) is 29.0 Å². The molecular formula is C17H20N2O. The zero-order valence-corrected chi connectivity index (χ0v) is 12.0. The Morgan fingerprint density at radius 2 is 2.15 bits per heavy atom. The van der Waals surface area contributed by atoms with Gasteiger partial charge in [0.25, 0.3) is 0 Å². The molecule has 2 unspecified atom stereocenters.